The molecule has 0 heterocycles. The van der Waals surface area contributed by atoms with Crippen molar-refractivity contribution in [2.75, 3.05) is 0 Å². The Bertz CT molecular complexity index is 1360. The Labute approximate surface area is 335 Å². The molecular weight excluding hydrogens is 653 g/mol. The van der Waals surface area contributed by atoms with Gasteiger partial charge in [0.2, 0.25) is 0 Å². The number of aliphatic imine (C=N–C) groups is 2. The maximum atomic E-state index is 5.08. The van der Waals surface area contributed by atoms with Crippen molar-refractivity contribution in [3.63, 3.8) is 0 Å². The van der Waals surface area contributed by atoms with Crippen LogP contribution in [0.3, 0.4) is 0 Å². The summed E-state index contributed by atoms with van der Waals surface area (Å²) in [6.07, 6.45) is 39.5. The summed E-state index contributed by atoms with van der Waals surface area (Å²) < 4.78 is 0. The van der Waals surface area contributed by atoms with E-state index in [9.17, 15) is 0 Å². The molecule has 0 unspecified atom stereocenters. The number of benzene rings is 2. The van der Waals surface area contributed by atoms with E-state index in [1.54, 1.807) is 0 Å². The average molecular weight is 733 g/mol. The van der Waals surface area contributed by atoms with E-state index in [0.717, 1.165) is 59.6 Å². The van der Waals surface area contributed by atoms with Gasteiger partial charge in [0.15, 0.2) is 0 Å². The van der Waals surface area contributed by atoms with Gasteiger partial charge in [-0.05, 0) is 81.1 Å². The van der Waals surface area contributed by atoms with Crippen molar-refractivity contribution in [1.29, 1.82) is 0 Å². The first-order chi connectivity index (χ1) is 26.7. The maximum Gasteiger partial charge on any atom is 0.0634 e. The minimum atomic E-state index is 0.937. The standard InChI is InChI=1S/C52H80N2/c1-5-8-11-13-15-17-19-21-23-25-27-29-31-34-36-48-39-43-50(44-40-48)53-47(4)52(38-33-10-7-3)54-51-45-41-49(42-46-51)37-35-32-30-28-26-24-22-20-18-16-14-12-9-6-2/h39-46H,5-33,38H2,1-4H3. The minimum absolute atomic E-state index is 0.937. The fourth-order valence-corrected chi connectivity index (χ4v) is 6.95. The molecule has 2 heteroatoms. The smallest absolute Gasteiger partial charge is 0.0634 e. The van der Waals surface area contributed by atoms with Crippen molar-refractivity contribution in [1.82, 2.24) is 0 Å². The Hall–Kier alpha value is -3.10. The molecule has 0 aliphatic heterocycles. The van der Waals surface area contributed by atoms with Crippen molar-refractivity contribution in [3.05, 3.63) is 59.7 Å². The first kappa shape index (κ1) is 47.1. The van der Waals surface area contributed by atoms with Crippen LogP contribution in [0.4, 0.5) is 11.4 Å². The lowest BCUT2D eigenvalue weighted by atomic mass is 10.0. The highest BCUT2D eigenvalue weighted by Crippen LogP contribution is 2.19. The number of hydrogen-bond acceptors (Lipinski definition) is 2. The molecule has 2 aromatic carbocycles. The second kappa shape index (κ2) is 34.4. The molecule has 2 aromatic rings. The average Bonchev–Trinajstić information content (AvgIpc) is 3.19. The van der Waals surface area contributed by atoms with Crippen LogP contribution >= 0.6 is 0 Å². The van der Waals surface area contributed by atoms with E-state index in [1.165, 1.54) is 167 Å². The molecule has 0 atom stereocenters. The largest absolute Gasteiger partial charge is 0.252 e. The van der Waals surface area contributed by atoms with E-state index < -0.39 is 0 Å². The molecule has 2 nitrogen and oxygen atoms in total. The second-order valence-electron chi connectivity index (χ2n) is 15.7. The Balaban J connectivity index is 1.74. The lowest BCUT2D eigenvalue weighted by Gasteiger charge is -2.07. The third-order valence-corrected chi connectivity index (χ3v) is 10.5. The quantitative estimate of drug-likeness (QED) is 0.0419. The Kier molecular flexibility index (Phi) is 30.0. The zero-order valence-electron chi connectivity index (χ0n) is 35.7. The number of hydrogen-bond donors (Lipinski definition) is 0. The summed E-state index contributed by atoms with van der Waals surface area (Å²) in [5, 5.41) is 0. The van der Waals surface area contributed by atoms with E-state index in [-0.39, 0.29) is 0 Å². The van der Waals surface area contributed by atoms with Crippen LogP contribution in [-0.2, 0) is 0 Å². The van der Waals surface area contributed by atoms with Gasteiger partial charge in [-0.15, -0.1) is 0 Å². The van der Waals surface area contributed by atoms with Gasteiger partial charge in [-0.1, -0.05) is 199 Å². The zero-order chi connectivity index (χ0) is 38.6. The normalized spacial score (nSPS) is 11.6. The molecule has 2 rings (SSSR count). The summed E-state index contributed by atoms with van der Waals surface area (Å²) >= 11 is 0. The molecule has 0 N–H and O–H groups in total. The Morgan fingerprint density at radius 1 is 0.389 bits per heavy atom. The molecule has 0 spiro atoms. The van der Waals surface area contributed by atoms with E-state index in [0.29, 0.717) is 0 Å². The molecule has 0 aromatic heterocycles. The van der Waals surface area contributed by atoms with Crippen LogP contribution in [0.1, 0.15) is 231 Å². The molecule has 0 amide bonds. The van der Waals surface area contributed by atoms with Crippen molar-refractivity contribution < 1.29 is 0 Å². The van der Waals surface area contributed by atoms with E-state index in [1.807, 2.05) is 0 Å². The summed E-state index contributed by atoms with van der Waals surface area (Å²) in [6.45, 7) is 8.93. The fourth-order valence-electron chi connectivity index (χ4n) is 6.95. The third kappa shape index (κ3) is 25.8. The summed E-state index contributed by atoms with van der Waals surface area (Å²) in [4.78, 5) is 10.1. The molecular formula is C52H80N2. The van der Waals surface area contributed by atoms with Crippen LogP contribution in [0, 0.1) is 23.7 Å². The van der Waals surface area contributed by atoms with Gasteiger partial charge in [0.1, 0.15) is 0 Å². The first-order valence-electron chi connectivity index (χ1n) is 23.0. The number of nitrogens with zero attached hydrogens (tertiary/aromatic N) is 2. The topological polar surface area (TPSA) is 24.7 Å². The summed E-state index contributed by atoms with van der Waals surface area (Å²) in [7, 11) is 0. The van der Waals surface area contributed by atoms with E-state index in [2.05, 4.69) is 99.9 Å². The van der Waals surface area contributed by atoms with Gasteiger partial charge in [-0.3, -0.25) is 9.98 Å². The second-order valence-corrected chi connectivity index (χ2v) is 15.7. The van der Waals surface area contributed by atoms with Crippen LogP contribution in [0.5, 0.6) is 0 Å². The van der Waals surface area contributed by atoms with Gasteiger partial charge < -0.3 is 0 Å². The molecule has 0 saturated carbocycles. The summed E-state index contributed by atoms with van der Waals surface area (Å²) in [5.41, 5.74) is 6.13. The zero-order valence-corrected chi connectivity index (χ0v) is 35.7. The molecule has 0 radical (unpaired) electrons. The van der Waals surface area contributed by atoms with Gasteiger partial charge in [0.25, 0.3) is 0 Å². The first-order valence-corrected chi connectivity index (χ1v) is 23.0. The van der Waals surface area contributed by atoms with Gasteiger partial charge >= 0.3 is 0 Å². The van der Waals surface area contributed by atoms with Gasteiger partial charge in [0.05, 0.1) is 22.8 Å². The lowest BCUT2D eigenvalue weighted by Crippen LogP contribution is -2.10. The Morgan fingerprint density at radius 3 is 1.07 bits per heavy atom. The van der Waals surface area contributed by atoms with Crippen LogP contribution < -0.4 is 0 Å². The minimum Gasteiger partial charge on any atom is -0.252 e. The van der Waals surface area contributed by atoms with Gasteiger partial charge in [-0.2, -0.15) is 0 Å². The molecule has 298 valence electrons. The number of rotatable bonds is 31. The fraction of sp³-hybridized carbons (Fsp3) is 0.654. The molecule has 0 aliphatic rings. The Morgan fingerprint density at radius 2 is 0.704 bits per heavy atom. The highest BCUT2D eigenvalue weighted by atomic mass is 14.8. The highest BCUT2D eigenvalue weighted by molar-refractivity contribution is 6.42. The van der Waals surface area contributed by atoms with E-state index >= 15 is 0 Å². The van der Waals surface area contributed by atoms with Crippen LogP contribution in [0.25, 0.3) is 0 Å². The van der Waals surface area contributed by atoms with Crippen LogP contribution in [0.2, 0.25) is 0 Å². The molecule has 0 fully saturated rings. The maximum absolute atomic E-state index is 5.08. The van der Waals surface area contributed by atoms with Crippen molar-refractivity contribution in [3.8, 4) is 23.7 Å². The number of unbranched alkanes of at least 4 members (excludes halogenated alkanes) is 26. The molecule has 0 aliphatic carbocycles. The predicted octanol–water partition coefficient (Wildman–Crippen LogP) is 17.0. The van der Waals surface area contributed by atoms with E-state index in [4.69, 9.17) is 9.98 Å². The third-order valence-electron chi connectivity index (χ3n) is 10.5. The van der Waals surface area contributed by atoms with Crippen LogP contribution in [-0.4, -0.2) is 11.4 Å². The SMILES string of the molecule is CCCCCCCCCCCCCCC#Cc1ccc(N=C(C)C(CCCCC)=Nc2ccc(C#CCCCCCCCCCCCCCC)cc2)cc1. The summed E-state index contributed by atoms with van der Waals surface area (Å²) in [6, 6.07) is 16.8. The predicted molar refractivity (Wildman–Crippen MR) is 242 cm³/mol. The van der Waals surface area contributed by atoms with Crippen molar-refractivity contribution in [2.45, 2.75) is 220 Å². The lowest BCUT2D eigenvalue weighted by molar-refractivity contribution is 0.545. The summed E-state index contributed by atoms with van der Waals surface area (Å²) in [5.74, 6) is 13.5. The van der Waals surface area contributed by atoms with Crippen LogP contribution in [0.15, 0.2) is 58.5 Å². The monoisotopic (exact) mass is 733 g/mol. The molecule has 0 saturated heterocycles. The van der Waals surface area contributed by atoms with Gasteiger partial charge in [0, 0.05) is 24.0 Å². The highest BCUT2D eigenvalue weighted by Gasteiger charge is 2.06. The van der Waals surface area contributed by atoms with Crippen molar-refractivity contribution in [2.24, 2.45) is 9.98 Å². The molecule has 54 heavy (non-hydrogen) atoms. The molecule has 0 bridgehead atoms. The van der Waals surface area contributed by atoms with Gasteiger partial charge in [-0.25, -0.2) is 0 Å². The van der Waals surface area contributed by atoms with Crippen molar-refractivity contribution >= 4 is 22.8 Å².